The van der Waals surface area contributed by atoms with Crippen LogP contribution in [-0.4, -0.2) is 22.5 Å². The zero-order valence-electron chi connectivity index (χ0n) is 22.4. The molecule has 0 spiro atoms. The molecule has 6 nitrogen and oxygen atoms in total. The second-order valence-corrected chi connectivity index (χ2v) is 9.31. The highest BCUT2D eigenvalue weighted by Gasteiger charge is 2.14. The van der Waals surface area contributed by atoms with Crippen molar-refractivity contribution < 1.29 is 14.3 Å². The van der Waals surface area contributed by atoms with Crippen molar-refractivity contribution in [2.24, 2.45) is 0 Å². The van der Waals surface area contributed by atoms with Gasteiger partial charge >= 0.3 is 0 Å². The summed E-state index contributed by atoms with van der Waals surface area (Å²) in [7, 11) is 0. The number of amides is 1. The van der Waals surface area contributed by atoms with Gasteiger partial charge in [0.05, 0.1) is 30.6 Å². The van der Waals surface area contributed by atoms with Crippen molar-refractivity contribution >= 4 is 11.7 Å². The minimum Gasteiger partial charge on any atom is -0.494 e. The molecule has 0 saturated heterocycles. The SMILES string of the molecule is CCOc1ccc(-c2cnc(NC(=O)Cc3ccc(OCc4ccccc4)cc3)c(Cc3ccccc3)n2)cc1. The van der Waals surface area contributed by atoms with Crippen LogP contribution in [0.4, 0.5) is 5.82 Å². The van der Waals surface area contributed by atoms with E-state index >= 15 is 0 Å². The summed E-state index contributed by atoms with van der Waals surface area (Å²) in [5.74, 6) is 1.87. The quantitative estimate of drug-likeness (QED) is 0.202. The molecule has 40 heavy (non-hydrogen) atoms. The number of rotatable bonds is 11. The standard InChI is InChI=1S/C34H31N3O3/c1-2-39-29-19-15-28(16-20-29)32-23-35-34(31(36-32)21-25-9-5-3-6-10-25)37-33(38)22-26-13-17-30(18-14-26)40-24-27-11-7-4-8-12-27/h3-20,23H,2,21-22,24H2,1H3,(H,35,37,38). The van der Waals surface area contributed by atoms with E-state index in [0.717, 1.165) is 39.4 Å². The van der Waals surface area contributed by atoms with Gasteiger partial charge in [-0.3, -0.25) is 4.79 Å². The van der Waals surface area contributed by atoms with Crippen LogP contribution in [0.15, 0.2) is 115 Å². The zero-order chi connectivity index (χ0) is 27.6. The number of hydrogen-bond acceptors (Lipinski definition) is 5. The molecule has 0 bridgehead atoms. The van der Waals surface area contributed by atoms with Gasteiger partial charge in [-0.25, -0.2) is 9.97 Å². The summed E-state index contributed by atoms with van der Waals surface area (Å²) in [6.45, 7) is 3.07. The van der Waals surface area contributed by atoms with Crippen molar-refractivity contribution in [3.8, 4) is 22.8 Å². The van der Waals surface area contributed by atoms with Gasteiger partial charge in [0.1, 0.15) is 18.1 Å². The van der Waals surface area contributed by atoms with Crippen LogP contribution in [0.25, 0.3) is 11.3 Å². The third kappa shape index (κ3) is 7.32. The lowest BCUT2D eigenvalue weighted by molar-refractivity contribution is -0.115. The lowest BCUT2D eigenvalue weighted by atomic mass is 10.1. The van der Waals surface area contributed by atoms with Crippen molar-refractivity contribution in [2.75, 3.05) is 11.9 Å². The summed E-state index contributed by atoms with van der Waals surface area (Å²) < 4.78 is 11.4. The number of carbonyl (C=O) groups excluding carboxylic acids is 1. The van der Waals surface area contributed by atoms with Crippen LogP contribution in [0.5, 0.6) is 11.5 Å². The Morgan fingerprint density at radius 3 is 2.02 bits per heavy atom. The smallest absolute Gasteiger partial charge is 0.229 e. The van der Waals surface area contributed by atoms with Gasteiger partial charge in [0.2, 0.25) is 5.91 Å². The van der Waals surface area contributed by atoms with Gasteiger partial charge in [-0.15, -0.1) is 0 Å². The Hall–Kier alpha value is -4.97. The lowest BCUT2D eigenvalue weighted by Gasteiger charge is -2.12. The minimum atomic E-state index is -0.157. The number of ether oxygens (including phenoxy) is 2. The Balaban J connectivity index is 1.28. The molecule has 1 aromatic heterocycles. The molecule has 1 amide bonds. The fourth-order valence-electron chi connectivity index (χ4n) is 4.28. The van der Waals surface area contributed by atoms with Gasteiger partial charge in [0.15, 0.2) is 5.82 Å². The van der Waals surface area contributed by atoms with Crippen LogP contribution in [0.3, 0.4) is 0 Å². The predicted octanol–water partition coefficient (Wildman–Crippen LogP) is 6.89. The fourth-order valence-corrected chi connectivity index (χ4v) is 4.28. The van der Waals surface area contributed by atoms with Crippen molar-refractivity contribution in [2.45, 2.75) is 26.4 Å². The van der Waals surface area contributed by atoms with E-state index in [9.17, 15) is 4.79 Å². The highest BCUT2D eigenvalue weighted by atomic mass is 16.5. The molecule has 5 rings (SSSR count). The van der Waals surface area contributed by atoms with Crippen molar-refractivity contribution in [3.05, 3.63) is 138 Å². The summed E-state index contributed by atoms with van der Waals surface area (Å²) in [6, 6.07) is 35.4. The van der Waals surface area contributed by atoms with Crippen LogP contribution in [0.2, 0.25) is 0 Å². The summed E-state index contributed by atoms with van der Waals surface area (Å²) in [4.78, 5) is 22.5. The molecule has 1 heterocycles. The largest absolute Gasteiger partial charge is 0.494 e. The summed E-state index contributed by atoms with van der Waals surface area (Å²) in [6.07, 6.45) is 2.45. The Morgan fingerprint density at radius 1 is 0.725 bits per heavy atom. The average molecular weight is 530 g/mol. The molecule has 0 saturated carbocycles. The second-order valence-electron chi connectivity index (χ2n) is 9.31. The maximum Gasteiger partial charge on any atom is 0.229 e. The van der Waals surface area contributed by atoms with Gasteiger partial charge in [0, 0.05) is 12.0 Å². The van der Waals surface area contributed by atoms with Crippen molar-refractivity contribution in [3.63, 3.8) is 0 Å². The summed E-state index contributed by atoms with van der Waals surface area (Å²) in [5, 5.41) is 2.98. The van der Waals surface area contributed by atoms with Gasteiger partial charge in [-0.1, -0.05) is 72.8 Å². The number of nitrogens with one attached hydrogen (secondary N) is 1. The second kappa shape index (κ2) is 13.2. The van der Waals surface area contributed by atoms with E-state index < -0.39 is 0 Å². The van der Waals surface area contributed by atoms with Gasteiger partial charge < -0.3 is 14.8 Å². The van der Waals surface area contributed by atoms with Crippen LogP contribution in [-0.2, 0) is 24.2 Å². The Bertz CT molecular complexity index is 1520. The van der Waals surface area contributed by atoms with E-state index in [1.165, 1.54) is 0 Å². The van der Waals surface area contributed by atoms with Gasteiger partial charge in [-0.05, 0) is 60.0 Å². The minimum absolute atomic E-state index is 0.157. The first-order valence-corrected chi connectivity index (χ1v) is 13.3. The maximum absolute atomic E-state index is 13.0. The highest BCUT2D eigenvalue weighted by Crippen LogP contribution is 2.24. The molecule has 0 aliphatic carbocycles. The van der Waals surface area contributed by atoms with Crippen LogP contribution in [0, 0.1) is 0 Å². The van der Waals surface area contributed by atoms with E-state index in [0.29, 0.717) is 31.1 Å². The first kappa shape index (κ1) is 26.6. The molecule has 0 fully saturated rings. The average Bonchev–Trinajstić information content (AvgIpc) is 2.99. The molecular weight excluding hydrogens is 498 g/mol. The van der Waals surface area contributed by atoms with Crippen molar-refractivity contribution in [1.82, 2.24) is 9.97 Å². The molecule has 0 atom stereocenters. The molecule has 0 unspecified atom stereocenters. The molecule has 4 aromatic carbocycles. The van der Waals surface area contributed by atoms with E-state index in [2.05, 4.69) is 10.3 Å². The Labute approximate surface area is 234 Å². The number of benzene rings is 4. The van der Waals surface area contributed by atoms with Crippen molar-refractivity contribution in [1.29, 1.82) is 0 Å². The van der Waals surface area contributed by atoms with Crippen LogP contribution in [0.1, 0.15) is 29.3 Å². The zero-order valence-corrected chi connectivity index (χ0v) is 22.4. The first-order valence-electron chi connectivity index (χ1n) is 13.3. The molecule has 200 valence electrons. The molecule has 0 radical (unpaired) electrons. The first-order chi connectivity index (χ1) is 19.7. The maximum atomic E-state index is 13.0. The van der Waals surface area contributed by atoms with E-state index in [-0.39, 0.29) is 12.3 Å². The summed E-state index contributed by atoms with van der Waals surface area (Å²) >= 11 is 0. The Kier molecular flexibility index (Phi) is 8.79. The number of nitrogens with zero attached hydrogens (tertiary/aromatic N) is 2. The number of anilines is 1. The molecule has 0 aliphatic rings. The van der Waals surface area contributed by atoms with Crippen LogP contribution < -0.4 is 14.8 Å². The molecule has 6 heteroatoms. The monoisotopic (exact) mass is 529 g/mol. The molecule has 5 aromatic rings. The van der Waals surface area contributed by atoms with Crippen LogP contribution >= 0.6 is 0 Å². The van der Waals surface area contributed by atoms with E-state index in [4.69, 9.17) is 14.5 Å². The molecule has 0 aliphatic heterocycles. The molecular formula is C34H31N3O3. The highest BCUT2D eigenvalue weighted by molar-refractivity contribution is 5.92. The van der Waals surface area contributed by atoms with E-state index in [1.807, 2.05) is 116 Å². The van der Waals surface area contributed by atoms with Gasteiger partial charge in [0.25, 0.3) is 0 Å². The summed E-state index contributed by atoms with van der Waals surface area (Å²) in [5.41, 5.74) is 5.44. The lowest BCUT2D eigenvalue weighted by Crippen LogP contribution is -2.17. The third-order valence-electron chi connectivity index (χ3n) is 6.31. The number of hydrogen-bond donors (Lipinski definition) is 1. The number of aromatic nitrogens is 2. The number of carbonyl (C=O) groups is 1. The Morgan fingerprint density at radius 2 is 1.35 bits per heavy atom. The normalized spacial score (nSPS) is 10.6. The predicted molar refractivity (Wildman–Crippen MR) is 157 cm³/mol. The topological polar surface area (TPSA) is 73.3 Å². The fraction of sp³-hybridized carbons (Fsp3) is 0.147. The molecule has 1 N–H and O–H groups in total. The third-order valence-corrected chi connectivity index (χ3v) is 6.31. The van der Waals surface area contributed by atoms with E-state index in [1.54, 1.807) is 6.20 Å². The van der Waals surface area contributed by atoms with Gasteiger partial charge in [-0.2, -0.15) is 0 Å².